The molecule has 0 aliphatic carbocycles. The number of nitrogens with one attached hydrogen (secondary N) is 1. The molecule has 0 aromatic carbocycles. The van der Waals surface area contributed by atoms with Crippen molar-refractivity contribution in [3.8, 4) is 0 Å². The number of carbonyl (C=O) groups is 1. The predicted octanol–water partition coefficient (Wildman–Crippen LogP) is -0.115. The highest BCUT2D eigenvalue weighted by Gasteiger charge is 2.11. The second-order valence-corrected chi connectivity index (χ2v) is 3.97. The van der Waals surface area contributed by atoms with Crippen LogP contribution in [-0.4, -0.2) is 56.5 Å². The predicted molar refractivity (Wildman–Crippen MR) is 68.8 cm³/mol. The SMILES string of the molecule is CNC(=O)c1cc(N(C)CC(O)COC)ccn1. The Morgan fingerprint density at radius 2 is 2.39 bits per heavy atom. The summed E-state index contributed by atoms with van der Waals surface area (Å²) in [4.78, 5) is 17.3. The van der Waals surface area contributed by atoms with Crippen molar-refractivity contribution in [1.29, 1.82) is 0 Å². The van der Waals surface area contributed by atoms with Crippen molar-refractivity contribution >= 4 is 11.6 Å². The lowest BCUT2D eigenvalue weighted by Crippen LogP contribution is -2.32. The summed E-state index contributed by atoms with van der Waals surface area (Å²) in [6.07, 6.45) is 0.996. The van der Waals surface area contributed by atoms with Gasteiger partial charge in [0.1, 0.15) is 5.69 Å². The lowest BCUT2D eigenvalue weighted by molar-refractivity contribution is 0.0695. The smallest absolute Gasteiger partial charge is 0.269 e. The minimum absolute atomic E-state index is 0.234. The van der Waals surface area contributed by atoms with E-state index in [2.05, 4.69) is 10.3 Å². The van der Waals surface area contributed by atoms with Crippen LogP contribution in [0.5, 0.6) is 0 Å². The van der Waals surface area contributed by atoms with Crippen LogP contribution >= 0.6 is 0 Å². The number of aliphatic hydroxyl groups excluding tert-OH is 1. The number of likely N-dealkylation sites (N-methyl/N-ethyl adjacent to an activating group) is 1. The lowest BCUT2D eigenvalue weighted by atomic mass is 10.2. The molecule has 0 saturated carbocycles. The number of amides is 1. The van der Waals surface area contributed by atoms with E-state index >= 15 is 0 Å². The number of carbonyl (C=O) groups excluding carboxylic acids is 1. The average Bonchev–Trinajstić information content (AvgIpc) is 2.38. The Kier molecular flexibility index (Phi) is 5.54. The summed E-state index contributed by atoms with van der Waals surface area (Å²) in [5.41, 5.74) is 1.17. The Labute approximate surface area is 107 Å². The number of rotatable bonds is 6. The summed E-state index contributed by atoms with van der Waals surface area (Å²) in [5.74, 6) is -0.234. The molecule has 6 heteroatoms. The number of aliphatic hydroxyl groups is 1. The Balaban J connectivity index is 2.73. The van der Waals surface area contributed by atoms with Crippen molar-refractivity contribution in [2.24, 2.45) is 0 Å². The number of nitrogens with zero attached hydrogens (tertiary/aromatic N) is 2. The molecule has 0 bridgehead atoms. The van der Waals surface area contributed by atoms with E-state index in [1.807, 2.05) is 11.9 Å². The fourth-order valence-electron chi connectivity index (χ4n) is 1.58. The molecule has 0 aliphatic heterocycles. The minimum atomic E-state index is -0.573. The third-order valence-corrected chi connectivity index (χ3v) is 2.49. The van der Waals surface area contributed by atoms with Crippen molar-refractivity contribution in [1.82, 2.24) is 10.3 Å². The zero-order chi connectivity index (χ0) is 13.5. The highest BCUT2D eigenvalue weighted by molar-refractivity contribution is 5.92. The van der Waals surface area contributed by atoms with Crippen LogP contribution in [0.3, 0.4) is 0 Å². The number of aromatic nitrogens is 1. The van der Waals surface area contributed by atoms with Crippen LogP contribution in [0.2, 0.25) is 0 Å². The fraction of sp³-hybridized carbons (Fsp3) is 0.500. The zero-order valence-corrected chi connectivity index (χ0v) is 10.9. The van der Waals surface area contributed by atoms with E-state index < -0.39 is 6.10 Å². The molecule has 1 rings (SSSR count). The first-order valence-corrected chi connectivity index (χ1v) is 5.64. The molecule has 0 saturated heterocycles. The number of pyridine rings is 1. The first-order valence-electron chi connectivity index (χ1n) is 5.64. The minimum Gasteiger partial charge on any atom is -0.389 e. The van der Waals surface area contributed by atoms with Crippen molar-refractivity contribution in [2.75, 3.05) is 39.3 Å². The molecule has 1 amide bonds. The largest absolute Gasteiger partial charge is 0.389 e. The van der Waals surface area contributed by atoms with E-state index in [4.69, 9.17) is 4.74 Å². The number of anilines is 1. The van der Waals surface area contributed by atoms with Crippen molar-refractivity contribution in [3.63, 3.8) is 0 Å². The molecule has 0 radical (unpaired) electrons. The van der Waals surface area contributed by atoms with Crippen LogP contribution in [0.15, 0.2) is 18.3 Å². The Hall–Kier alpha value is -1.66. The van der Waals surface area contributed by atoms with Crippen LogP contribution in [0, 0.1) is 0 Å². The van der Waals surface area contributed by atoms with Gasteiger partial charge in [-0.05, 0) is 12.1 Å². The van der Waals surface area contributed by atoms with Gasteiger partial charge in [-0.25, -0.2) is 0 Å². The van der Waals surface area contributed by atoms with Crippen molar-refractivity contribution < 1.29 is 14.6 Å². The summed E-state index contributed by atoms with van der Waals surface area (Å²) < 4.78 is 4.87. The van der Waals surface area contributed by atoms with E-state index in [0.717, 1.165) is 5.69 Å². The van der Waals surface area contributed by atoms with E-state index in [1.54, 1.807) is 32.5 Å². The van der Waals surface area contributed by atoms with Crippen LogP contribution in [0.1, 0.15) is 10.5 Å². The summed E-state index contributed by atoms with van der Waals surface area (Å²) in [7, 11) is 4.93. The summed E-state index contributed by atoms with van der Waals surface area (Å²) in [5, 5.41) is 12.2. The topological polar surface area (TPSA) is 74.7 Å². The van der Waals surface area contributed by atoms with Gasteiger partial charge in [0.05, 0.1) is 12.7 Å². The van der Waals surface area contributed by atoms with Crippen molar-refractivity contribution in [3.05, 3.63) is 24.0 Å². The number of hydrogen-bond donors (Lipinski definition) is 2. The highest BCUT2D eigenvalue weighted by atomic mass is 16.5. The number of hydrogen-bond acceptors (Lipinski definition) is 5. The molecule has 0 fully saturated rings. The highest BCUT2D eigenvalue weighted by Crippen LogP contribution is 2.13. The quantitative estimate of drug-likeness (QED) is 0.739. The van der Waals surface area contributed by atoms with Gasteiger partial charge in [-0.1, -0.05) is 0 Å². The molecule has 1 unspecified atom stereocenters. The molecular weight excluding hydrogens is 234 g/mol. The van der Waals surface area contributed by atoms with Crippen LogP contribution in [0.4, 0.5) is 5.69 Å². The van der Waals surface area contributed by atoms with Crippen LogP contribution in [-0.2, 0) is 4.74 Å². The molecular formula is C12H19N3O3. The summed E-state index contributed by atoms with van der Waals surface area (Å²) >= 11 is 0. The maximum atomic E-state index is 11.5. The maximum Gasteiger partial charge on any atom is 0.269 e. The lowest BCUT2D eigenvalue weighted by Gasteiger charge is -2.22. The summed E-state index contributed by atoms with van der Waals surface area (Å²) in [6.45, 7) is 0.697. The first kappa shape index (κ1) is 14.4. The average molecular weight is 253 g/mol. The molecule has 0 spiro atoms. The van der Waals surface area contributed by atoms with Gasteiger partial charge in [0, 0.05) is 39.6 Å². The number of ether oxygens (including phenoxy) is 1. The van der Waals surface area contributed by atoms with E-state index in [0.29, 0.717) is 12.2 Å². The molecule has 1 aromatic rings. The molecule has 2 N–H and O–H groups in total. The third kappa shape index (κ3) is 3.97. The van der Waals surface area contributed by atoms with Gasteiger partial charge >= 0.3 is 0 Å². The van der Waals surface area contributed by atoms with E-state index in [-0.39, 0.29) is 12.5 Å². The van der Waals surface area contributed by atoms with Gasteiger partial charge in [0.25, 0.3) is 5.91 Å². The Bertz CT molecular complexity index is 398. The van der Waals surface area contributed by atoms with Gasteiger partial charge in [0.15, 0.2) is 0 Å². The third-order valence-electron chi connectivity index (χ3n) is 2.49. The van der Waals surface area contributed by atoms with Crippen LogP contribution < -0.4 is 10.2 Å². The second kappa shape index (κ2) is 6.93. The van der Waals surface area contributed by atoms with E-state index in [1.165, 1.54) is 0 Å². The molecule has 1 atom stereocenters. The van der Waals surface area contributed by atoms with Gasteiger partial charge in [-0.2, -0.15) is 0 Å². The second-order valence-electron chi connectivity index (χ2n) is 3.97. The molecule has 0 aliphatic rings. The molecule has 18 heavy (non-hydrogen) atoms. The molecule has 100 valence electrons. The van der Waals surface area contributed by atoms with Gasteiger partial charge in [0.2, 0.25) is 0 Å². The first-order chi connectivity index (χ1) is 8.58. The van der Waals surface area contributed by atoms with E-state index in [9.17, 15) is 9.90 Å². The standard InChI is InChI=1S/C12H19N3O3/c1-13-12(17)11-6-9(4-5-14-11)15(2)7-10(16)8-18-3/h4-6,10,16H,7-8H2,1-3H3,(H,13,17). The molecule has 6 nitrogen and oxygen atoms in total. The monoisotopic (exact) mass is 253 g/mol. The van der Waals surface area contributed by atoms with Crippen LogP contribution in [0.25, 0.3) is 0 Å². The van der Waals surface area contributed by atoms with Gasteiger partial charge in [-0.15, -0.1) is 0 Å². The van der Waals surface area contributed by atoms with Gasteiger partial charge < -0.3 is 20.1 Å². The fourth-order valence-corrected chi connectivity index (χ4v) is 1.58. The summed E-state index contributed by atoms with van der Waals surface area (Å²) in [6, 6.07) is 3.46. The maximum absolute atomic E-state index is 11.5. The van der Waals surface area contributed by atoms with Crippen molar-refractivity contribution in [2.45, 2.75) is 6.10 Å². The Morgan fingerprint density at radius 1 is 1.67 bits per heavy atom. The van der Waals surface area contributed by atoms with Gasteiger partial charge in [-0.3, -0.25) is 9.78 Å². The molecule has 1 heterocycles. The normalized spacial score (nSPS) is 12.0. The number of methoxy groups -OCH3 is 1. The molecule has 1 aromatic heterocycles. The zero-order valence-electron chi connectivity index (χ0n) is 10.9. The Morgan fingerprint density at radius 3 is 3.00 bits per heavy atom.